The molecular formula is C23H15FO2. The molecule has 2 aliphatic rings. The Labute approximate surface area is 150 Å². The van der Waals surface area contributed by atoms with Crippen LogP contribution >= 0.6 is 0 Å². The van der Waals surface area contributed by atoms with E-state index in [2.05, 4.69) is 0 Å². The highest BCUT2D eigenvalue weighted by Gasteiger charge is 2.40. The molecule has 2 nitrogen and oxygen atoms in total. The van der Waals surface area contributed by atoms with Crippen molar-refractivity contribution in [1.29, 1.82) is 0 Å². The Kier molecular flexibility index (Phi) is 3.13. The maximum absolute atomic E-state index is 13.4. The maximum Gasteiger partial charge on any atom is 0.194 e. The zero-order valence-electron chi connectivity index (χ0n) is 14.1. The van der Waals surface area contributed by atoms with Crippen LogP contribution < -0.4 is 4.74 Å². The second-order valence-electron chi connectivity index (χ2n) is 6.71. The van der Waals surface area contributed by atoms with E-state index >= 15 is 0 Å². The number of ether oxygens (including phenoxy) is 1. The predicted molar refractivity (Wildman–Crippen MR) is 97.7 cm³/mol. The minimum Gasteiger partial charge on any atom is -0.480 e. The van der Waals surface area contributed by atoms with Crippen LogP contribution in [-0.2, 0) is 0 Å². The van der Waals surface area contributed by atoms with Crippen LogP contribution in [0.1, 0.15) is 38.7 Å². The number of benzene rings is 3. The van der Waals surface area contributed by atoms with E-state index < -0.39 is 6.10 Å². The Hall–Kier alpha value is -3.20. The first-order chi connectivity index (χ1) is 12.6. The molecule has 3 heteroatoms. The first-order valence-corrected chi connectivity index (χ1v) is 8.55. The Morgan fingerprint density at radius 2 is 1.62 bits per heavy atom. The highest BCUT2D eigenvalue weighted by atomic mass is 19.1. The van der Waals surface area contributed by atoms with Crippen molar-refractivity contribution in [1.82, 2.24) is 0 Å². The molecule has 5 rings (SSSR count). The van der Waals surface area contributed by atoms with Crippen molar-refractivity contribution >= 4 is 11.4 Å². The van der Waals surface area contributed by atoms with Gasteiger partial charge in [0.1, 0.15) is 11.6 Å². The molecule has 0 saturated carbocycles. The van der Waals surface area contributed by atoms with E-state index in [1.54, 1.807) is 12.1 Å². The van der Waals surface area contributed by atoms with Crippen LogP contribution in [0.5, 0.6) is 5.75 Å². The Bertz CT molecular complexity index is 1090. The number of Topliss-reactive ketones (excluding diaryl/α,β-unsaturated/α-hetero) is 1. The number of ketones is 1. The summed E-state index contributed by atoms with van der Waals surface area (Å²) < 4.78 is 19.6. The van der Waals surface area contributed by atoms with Crippen molar-refractivity contribution in [2.45, 2.75) is 13.0 Å². The maximum atomic E-state index is 13.4. The number of rotatable bonds is 1. The molecule has 0 bridgehead atoms. The Morgan fingerprint density at radius 3 is 2.38 bits per heavy atom. The second-order valence-corrected chi connectivity index (χ2v) is 6.71. The number of fused-ring (bicyclic) bond motifs is 4. The molecule has 0 radical (unpaired) electrons. The second kappa shape index (κ2) is 5.40. The lowest BCUT2D eigenvalue weighted by Crippen LogP contribution is -2.19. The average molecular weight is 342 g/mol. The molecule has 0 unspecified atom stereocenters. The van der Waals surface area contributed by atoms with Gasteiger partial charge in [-0.3, -0.25) is 4.79 Å². The summed E-state index contributed by atoms with van der Waals surface area (Å²) in [4.78, 5) is 13.1. The summed E-state index contributed by atoms with van der Waals surface area (Å²) in [6.07, 6.45) is -0.542. The van der Waals surface area contributed by atoms with Crippen LogP contribution in [0.2, 0.25) is 0 Å². The first-order valence-electron chi connectivity index (χ1n) is 8.55. The molecule has 1 aliphatic heterocycles. The molecule has 0 spiro atoms. The topological polar surface area (TPSA) is 26.3 Å². The molecule has 0 fully saturated rings. The van der Waals surface area contributed by atoms with Gasteiger partial charge in [0.2, 0.25) is 0 Å². The minimum atomic E-state index is -0.542. The summed E-state index contributed by atoms with van der Waals surface area (Å²) in [7, 11) is 0. The molecule has 1 aliphatic carbocycles. The number of aryl methyl sites for hydroxylation is 1. The van der Waals surface area contributed by atoms with E-state index in [0.717, 1.165) is 33.6 Å². The van der Waals surface area contributed by atoms with Crippen LogP contribution in [0.25, 0.3) is 5.57 Å². The Balaban J connectivity index is 1.79. The van der Waals surface area contributed by atoms with Gasteiger partial charge < -0.3 is 4.74 Å². The predicted octanol–water partition coefficient (Wildman–Crippen LogP) is 5.27. The van der Waals surface area contributed by atoms with E-state index in [1.807, 2.05) is 49.4 Å². The molecule has 3 aromatic rings. The van der Waals surface area contributed by atoms with Gasteiger partial charge >= 0.3 is 0 Å². The summed E-state index contributed by atoms with van der Waals surface area (Å²) in [5, 5.41) is 0. The van der Waals surface area contributed by atoms with Gasteiger partial charge in [-0.1, -0.05) is 48.5 Å². The molecule has 0 saturated heterocycles. The third kappa shape index (κ3) is 2.07. The molecule has 0 aromatic heterocycles. The summed E-state index contributed by atoms with van der Waals surface area (Å²) in [6.45, 7) is 2.01. The van der Waals surface area contributed by atoms with Gasteiger partial charge in [0.25, 0.3) is 0 Å². The van der Waals surface area contributed by atoms with Crippen molar-refractivity contribution in [3.63, 3.8) is 0 Å². The van der Waals surface area contributed by atoms with Gasteiger partial charge in [0.05, 0.1) is 5.57 Å². The zero-order chi connectivity index (χ0) is 17.8. The summed E-state index contributed by atoms with van der Waals surface area (Å²) in [5.74, 6) is 0.426. The number of hydrogen-bond donors (Lipinski definition) is 0. The lowest BCUT2D eigenvalue weighted by atomic mass is 9.89. The van der Waals surface area contributed by atoms with Crippen LogP contribution in [-0.4, -0.2) is 5.78 Å². The zero-order valence-corrected chi connectivity index (χ0v) is 14.1. The third-order valence-electron chi connectivity index (χ3n) is 5.04. The van der Waals surface area contributed by atoms with Gasteiger partial charge in [-0.15, -0.1) is 0 Å². The van der Waals surface area contributed by atoms with E-state index in [-0.39, 0.29) is 11.6 Å². The van der Waals surface area contributed by atoms with Crippen molar-refractivity contribution in [2.75, 3.05) is 0 Å². The molecular weight excluding hydrogens is 327 g/mol. The molecule has 1 atom stereocenters. The van der Waals surface area contributed by atoms with Crippen molar-refractivity contribution in [2.24, 2.45) is 0 Å². The van der Waals surface area contributed by atoms with Crippen LogP contribution in [0.15, 0.2) is 72.3 Å². The van der Waals surface area contributed by atoms with Crippen LogP contribution in [0.3, 0.4) is 0 Å². The quantitative estimate of drug-likeness (QED) is 0.602. The van der Waals surface area contributed by atoms with Gasteiger partial charge in [-0.25, -0.2) is 4.39 Å². The molecule has 26 heavy (non-hydrogen) atoms. The normalized spacial score (nSPS) is 17.5. The van der Waals surface area contributed by atoms with Crippen LogP contribution in [0, 0.1) is 12.7 Å². The summed E-state index contributed by atoms with van der Waals surface area (Å²) in [5.41, 5.74) is 5.99. The standard InChI is InChI=1S/C23H15FO2/c1-13-6-11-18-19(12-13)26-23(14-7-9-15(24)10-8-14)21-20(18)16-4-2-3-5-17(16)22(21)25/h2-12,23H,1H3/t23-/m1/s1. The van der Waals surface area contributed by atoms with E-state index in [4.69, 9.17) is 4.74 Å². The highest BCUT2D eigenvalue weighted by molar-refractivity contribution is 6.24. The largest absolute Gasteiger partial charge is 0.480 e. The number of hydrogen-bond acceptors (Lipinski definition) is 2. The highest BCUT2D eigenvalue weighted by Crippen LogP contribution is 2.50. The third-order valence-corrected chi connectivity index (χ3v) is 5.04. The Morgan fingerprint density at radius 1 is 0.885 bits per heavy atom. The fourth-order valence-electron chi connectivity index (χ4n) is 3.83. The molecule has 0 N–H and O–H groups in total. The SMILES string of the molecule is Cc1ccc2c(c1)O[C@H](c1ccc(F)cc1)C1=C2c2ccccc2C1=O. The van der Waals surface area contributed by atoms with E-state index in [1.165, 1.54) is 12.1 Å². The van der Waals surface area contributed by atoms with Crippen molar-refractivity contribution in [3.05, 3.63) is 106 Å². The van der Waals surface area contributed by atoms with Gasteiger partial charge in [0.15, 0.2) is 11.9 Å². The fourth-order valence-corrected chi connectivity index (χ4v) is 3.83. The molecule has 1 heterocycles. The first kappa shape index (κ1) is 15.1. The van der Waals surface area contributed by atoms with Gasteiger partial charge in [-0.2, -0.15) is 0 Å². The average Bonchev–Trinajstić information content (AvgIpc) is 2.95. The number of carbonyl (C=O) groups is 1. The number of carbonyl (C=O) groups excluding carboxylic acids is 1. The number of halogens is 1. The lowest BCUT2D eigenvalue weighted by molar-refractivity contribution is 0.1000. The fraction of sp³-hybridized carbons (Fsp3) is 0.0870. The van der Waals surface area contributed by atoms with Gasteiger partial charge in [0, 0.05) is 16.7 Å². The van der Waals surface area contributed by atoms with Crippen LogP contribution in [0.4, 0.5) is 4.39 Å². The minimum absolute atomic E-state index is 0.0175. The van der Waals surface area contributed by atoms with Crippen molar-refractivity contribution < 1.29 is 13.9 Å². The smallest absolute Gasteiger partial charge is 0.194 e. The molecule has 0 amide bonds. The van der Waals surface area contributed by atoms with Crippen molar-refractivity contribution in [3.8, 4) is 5.75 Å². The summed E-state index contributed by atoms with van der Waals surface area (Å²) >= 11 is 0. The summed E-state index contributed by atoms with van der Waals surface area (Å²) in [6, 6.07) is 19.8. The lowest BCUT2D eigenvalue weighted by Gasteiger charge is -2.28. The van der Waals surface area contributed by atoms with E-state index in [0.29, 0.717) is 11.1 Å². The molecule has 3 aromatic carbocycles. The molecule has 126 valence electrons. The van der Waals surface area contributed by atoms with E-state index in [9.17, 15) is 9.18 Å². The van der Waals surface area contributed by atoms with Gasteiger partial charge in [-0.05, 0) is 41.8 Å². The monoisotopic (exact) mass is 342 g/mol.